The highest BCUT2D eigenvalue weighted by atomic mass is 16.2. The molecule has 2 aliphatic rings. The van der Waals surface area contributed by atoms with Crippen LogP contribution in [0.3, 0.4) is 0 Å². The maximum Gasteiger partial charge on any atom is 0.318 e. The molecule has 1 aromatic rings. The monoisotopic (exact) mass is 315 g/mol. The number of urea groups is 1. The van der Waals surface area contributed by atoms with Gasteiger partial charge in [-0.3, -0.25) is 4.79 Å². The van der Waals surface area contributed by atoms with Crippen LogP contribution in [0.25, 0.3) is 0 Å². The van der Waals surface area contributed by atoms with Crippen LogP contribution in [0.2, 0.25) is 0 Å². The van der Waals surface area contributed by atoms with Gasteiger partial charge in [-0.15, -0.1) is 0 Å². The summed E-state index contributed by atoms with van der Waals surface area (Å²) in [5.74, 6) is 0.0232. The minimum absolute atomic E-state index is 0.0232. The van der Waals surface area contributed by atoms with Crippen molar-refractivity contribution in [3.63, 3.8) is 0 Å². The number of nitrogens with zero attached hydrogens (tertiary/aromatic N) is 1. The van der Waals surface area contributed by atoms with Crippen LogP contribution >= 0.6 is 0 Å². The zero-order chi connectivity index (χ0) is 16.2. The Labute approximate surface area is 137 Å². The van der Waals surface area contributed by atoms with E-state index in [0.29, 0.717) is 6.54 Å². The summed E-state index contributed by atoms with van der Waals surface area (Å²) in [6.07, 6.45) is 4.98. The van der Waals surface area contributed by atoms with Gasteiger partial charge in [0.2, 0.25) is 5.91 Å². The molecule has 1 unspecified atom stereocenters. The maximum absolute atomic E-state index is 12.6. The molecular formula is C18H25N3O2. The molecule has 0 aliphatic carbocycles. The number of carbonyl (C=O) groups excluding carboxylic acids is 2. The van der Waals surface area contributed by atoms with E-state index in [1.807, 2.05) is 35.2 Å². The third-order valence-electron chi connectivity index (χ3n) is 4.90. The Morgan fingerprint density at radius 2 is 1.78 bits per heavy atom. The van der Waals surface area contributed by atoms with Crippen LogP contribution < -0.4 is 10.6 Å². The molecule has 3 amide bonds. The first-order chi connectivity index (χ1) is 11.1. The largest absolute Gasteiger partial charge is 0.353 e. The summed E-state index contributed by atoms with van der Waals surface area (Å²) in [6.45, 7) is 2.12. The molecule has 2 N–H and O–H groups in total. The summed E-state index contributed by atoms with van der Waals surface area (Å²) >= 11 is 0. The fourth-order valence-corrected chi connectivity index (χ4v) is 3.98. The van der Waals surface area contributed by atoms with E-state index in [-0.39, 0.29) is 30.1 Å². The number of hydrogen-bond donors (Lipinski definition) is 2. The van der Waals surface area contributed by atoms with E-state index in [4.69, 9.17) is 0 Å². The van der Waals surface area contributed by atoms with Crippen LogP contribution in [0.5, 0.6) is 0 Å². The molecular weight excluding hydrogens is 290 g/mol. The number of carbonyl (C=O) groups is 2. The second-order valence-corrected chi connectivity index (χ2v) is 6.66. The smallest absolute Gasteiger partial charge is 0.318 e. The van der Waals surface area contributed by atoms with Gasteiger partial charge in [0.05, 0.1) is 0 Å². The van der Waals surface area contributed by atoms with E-state index in [2.05, 4.69) is 10.6 Å². The molecule has 2 fully saturated rings. The molecule has 124 valence electrons. The van der Waals surface area contributed by atoms with Crippen molar-refractivity contribution in [2.24, 2.45) is 0 Å². The lowest BCUT2D eigenvalue weighted by Gasteiger charge is -2.48. The lowest BCUT2D eigenvalue weighted by atomic mass is 9.82. The minimum Gasteiger partial charge on any atom is -0.353 e. The minimum atomic E-state index is 0.0232. The third-order valence-corrected chi connectivity index (χ3v) is 4.90. The van der Waals surface area contributed by atoms with E-state index in [1.165, 1.54) is 6.42 Å². The van der Waals surface area contributed by atoms with Gasteiger partial charge in [0.15, 0.2) is 0 Å². The highest BCUT2D eigenvalue weighted by molar-refractivity contribution is 5.76. The maximum atomic E-state index is 12.6. The Bertz CT molecular complexity index is 547. The molecule has 2 aliphatic heterocycles. The van der Waals surface area contributed by atoms with Crippen molar-refractivity contribution in [1.29, 1.82) is 0 Å². The van der Waals surface area contributed by atoms with Gasteiger partial charge in [0.25, 0.3) is 0 Å². The van der Waals surface area contributed by atoms with Crippen LogP contribution in [0.15, 0.2) is 30.3 Å². The van der Waals surface area contributed by atoms with E-state index in [0.717, 1.165) is 31.2 Å². The Hall–Kier alpha value is -2.04. The van der Waals surface area contributed by atoms with Gasteiger partial charge in [-0.05, 0) is 37.7 Å². The second-order valence-electron chi connectivity index (χ2n) is 6.66. The fourth-order valence-electron chi connectivity index (χ4n) is 3.98. The van der Waals surface area contributed by atoms with Gasteiger partial charge in [-0.2, -0.15) is 0 Å². The number of hydrogen-bond acceptors (Lipinski definition) is 2. The SMILES string of the molecule is CC(=O)NC1C[C@H]2CCC[C@@H](C1)N2C(=O)NCc1ccccc1. The molecule has 5 nitrogen and oxygen atoms in total. The van der Waals surface area contributed by atoms with Crippen molar-refractivity contribution >= 4 is 11.9 Å². The molecule has 2 heterocycles. The average Bonchev–Trinajstić information content (AvgIpc) is 2.52. The molecule has 2 bridgehead atoms. The van der Waals surface area contributed by atoms with Crippen LogP contribution in [0, 0.1) is 0 Å². The number of fused-ring (bicyclic) bond motifs is 2. The van der Waals surface area contributed by atoms with E-state index in [9.17, 15) is 9.59 Å². The fraction of sp³-hybridized carbons (Fsp3) is 0.556. The van der Waals surface area contributed by atoms with Crippen LogP contribution in [-0.4, -0.2) is 35.0 Å². The summed E-state index contributed by atoms with van der Waals surface area (Å²) in [7, 11) is 0. The molecule has 0 radical (unpaired) electrons. The number of piperidine rings is 2. The van der Waals surface area contributed by atoms with Gasteiger partial charge in [0, 0.05) is 31.6 Å². The number of nitrogens with one attached hydrogen (secondary N) is 2. The molecule has 1 aromatic carbocycles. The van der Waals surface area contributed by atoms with Crippen molar-refractivity contribution in [1.82, 2.24) is 15.5 Å². The van der Waals surface area contributed by atoms with Crippen LogP contribution in [0.1, 0.15) is 44.6 Å². The summed E-state index contributed by atoms with van der Waals surface area (Å²) in [5.41, 5.74) is 1.11. The van der Waals surface area contributed by atoms with E-state index >= 15 is 0 Å². The lowest BCUT2D eigenvalue weighted by Crippen LogP contribution is -2.60. The number of benzene rings is 1. The highest BCUT2D eigenvalue weighted by Crippen LogP contribution is 2.34. The van der Waals surface area contributed by atoms with Crippen molar-refractivity contribution in [3.8, 4) is 0 Å². The van der Waals surface area contributed by atoms with Gasteiger partial charge in [0.1, 0.15) is 0 Å². The highest BCUT2D eigenvalue weighted by Gasteiger charge is 2.40. The first-order valence-electron chi connectivity index (χ1n) is 8.50. The van der Waals surface area contributed by atoms with Gasteiger partial charge >= 0.3 is 6.03 Å². The molecule has 23 heavy (non-hydrogen) atoms. The lowest BCUT2D eigenvalue weighted by molar-refractivity contribution is -0.120. The first-order valence-corrected chi connectivity index (χ1v) is 8.50. The molecule has 2 saturated heterocycles. The average molecular weight is 315 g/mol. The quantitative estimate of drug-likeness (QED) is 0.900. The number of amides is 3. The molecule has 0 spiro atoms. The molecule has 3 rings (SSSR count). The molecule has 5 heteroatoms. The Kier molecular flexibility index (Phi) is 4.84. The van der Waals surface area contributed by atoms with E-state index in [1.54, 1.807) is 6.92 Å². The Morgan fingerprint density at radius 1 is 1.13 bits per heavy atom. The van der Waals surface area contributed by atoms with Crippen LogP contribution in [0.4, 0.5) is 4.79 Å². The van der Waals surface area contributed by atoms with Gasteiger partial charge in [-0.25, -0.2) is 4.79 Å². The molecule has 0 aromatic heterocycles. The van der Waals surface area contributed by atoms with Gasteiger partial charge in [-0.1, -0.05) is 30.3 Å². The zero-order valence-corrected chi connectivity index (χ0v) is 13.6. The van der Waals surface area contributed by atoms with Crippen LogP contribution in [-0.2, 0) is 11.3 Å². The normalized spacial score (nSPS) is 26.5. The van der Waals surface area contributed by atoms with E-state index < -0.39 is 0 Å². The summed E-state index contributed by atoms with van der Waals surface area (Å²) in [4.78, 5) is 26.0. The van der Waals surface area contributed by atoms with Crippen molar-refractivity contribution < 1.29 is 9.59 Å². The Balaban J connectivity index is 1.60. The molecule has 0 saturated carbocycles. The predicted octanol–water partition coefficient (Wildman–Crippen LogP) is 2.42. The van der Waals surface area contributed by atoms with Gasteiger partial charge < -0.3 is 15.5 Å². The Morgan fingerprint density at radius 3 is 2.39 bits per heavy atom. The standard InChI is InChI=1S/C18H25N3O2/c1-13(22)20-15-10-16-8-5-9-17(11-15)21(16)18(23)19-12-14-6-3-2-4-7-14/h2-4,6-7,15-17H,5,8-12H2,1H3,(H,19,23)(H,20,22)/t15?,16-,17+. The summed E-state index contributed by atoms with van der Waals surface area (Å²) in [5, 5.41) is 6.08. The zero-order valence-electron chi connectivity index (χ0n) is 13.6. The van der Waals surface area contributed by atoms with Crippen molar-refractivity contribution in [2.45, 2.75) is 63.7 Å². The summed E-state index contributed by atoms with van der Waals surface area (Å²) < 4.78 is 0. The number of rotatable bonds is 3. The second kappa shape index (κ2) is 7.02. The van der Waals surface area contributed by atoms with Crippen molar-refractivity contribution in [2.75, 3.05) is 0 Å². The predicted molar refractivity (Wildman–Crippen MR) is 88.8 cm³/mol. The summed E-state index contributed by atoms with van der Waals surface area (Å²) in [6, 6.07) is 10.7. The third kappa shape index (κ3) is 3.84. The first kappa shape index (κ1) is 15.8. The van der Waals surface area contributed by atoms with Crippen molar-refractivity contribution in [3.05, 3.63) is 35.9 Å². The molecule has 3 atom stereocenters. The topological polar surface area (TPSA) is 61.4 Å².